The average molecular weight is 273 g/mol. The van der Waals surface area contributed by atoms with Crippen LogP contribution in [0.25, 0.3) is 10.9 Å². The van der Waals surface area contributed by atoms with E-state index in [4.69, 9.17) is 10.5 Å². The third-order valence-electron chi connectivity index (χ3n) is 2.99. The van der Waals surface area contributed by atoms with Gasteiger partial charge in [0, 0.05) is 11.6 Å². The number of hydrogen-bond acceptors (Lipinski definition) is 4. The Balaban J connectivity index is 2.09. The van der Waals surface area contributed by atoms with Gasteiger partial charge in [-0.25, -0.2) is 0 Å². The molecule has 0 aliphatic rings. The zero-order valence-electron chi connectivity index (χ0n) is 11.5. The van der Waals surface area contributed by atoms with E-state index in [-0.39, 0.29) is 6.61 Å². The quantitative estimate of drug-likeness (QED) is 0.800. The molecule has 20 heavy (non-hydrogen) atoms. The average Bonchev–Trinajstić information content (AvgIpc) is 2.47. The lowest BCUT2D eigenvalue weighted by molar-refractivity contribution is -0.120. The summed E-state index contributed by atoms with van der Waals surface area (Å²) < 4.78 is 5.71. The number of aromatic nitrogens is 1. The predicted octanol–water partition coefficient (Wildman–Crippen LogP) is 1.47. The molecule has 0 bridgehead atoms. The SMILES string of the molecule is CCCNC(COc1cccc2cccnc12)C(N)=O. The summed E-state index contributed by atoms with van der Waals surface area (Å²) in [6, 6.07) is 9.06. The largest absolute Gasteiger partial charge is 0.489 e. The number of nitrogens with two attached hydrogens (primary N) is 1. The fraction of sp³-hybridized carbons (Fsp3) is 0.333. The van der Waals surface area contributed by atoms with E-state index in [1.54, 1.807) is 6.20 Å². The molecule has 0 saturated heterocycles. The van der Waals surface area contributed by atoms with Gasteiger partial charge in [-0.15, -0.1) is 0 Å². The summed E-state index contributed by atoms with van der Waals surface area (Å²) >= 11 is 0. The van der Waals surface area contributed by atoms with Gasteiger partial charge in [-0.2, -0.15) is 0 Å². The molecule has 0 saturated carbocycles. The van der Waals surface area contributed by atoms with Crippen LogP contribution in [0.1, 0.15) is 13.3 Å². The van der Waals surface area contributed by atoms with Crippen molar-refractivity contribution in [3.63, 3.8) is 0 Å². The first-order valence-corrected chi connectivity index (χ1v) is 6.71. The van der Waals surface area contributed by atoms with E-state index in [2.05, 4.69) is 10.3 Å². The van der Waals surface area contributed by atoms with Crippen LogP contribution in [0.5, 0.6) is 5.75 Å². The van der Waals surface area contributed by atoms with Gasteiger partial charge in [0.05, 0.1) is 0 Å². The van der Waals surface area contributed by atoms with E-state index in [0.717, 1.165) is 23.9 Å². The van der Waals surface area contributed by atoms with Crippen molar-refractivity contribution < 1.29 is 9.53 Å². The number of pyridine rings is 1. The lowest BCUT2D eigenvalue weighted by Crippen LogP contribution is -2.45. The second-order valence-electron chi connectivity index (χ2n) is 4.55. The molecule has 5 heteroatoms. The van der Waals surface area contributed by atoms with Crippen LogP contribution in [0.15, 0.2) is 36.5 Å². The summed E-state index contributed by atoms with van der Waals surface area (Å²) in [5, 5.41) is 4.07. The summed E-state index contributed by atoms with van der Waals surface area (Å²) in [6.45, 7) is 2.95. The van der Waals surface area contributed by atoms with E-state index >= 15 is 0 Å². The van der Waals surface area contributed by atoms with Crippen molar-refractivity contribution >= 4 is 16.8 Å². The monoisotopic (exact) mass is 273 g/mol. The lowest BCUT2D eigenvalue weighted by Gasteiger charge is -2.16. The van der Waals surface area contributed by atoms with Gasteiger partial charge in [-0.1, -0.05) is 25.1 Å². The molecule has 1 heterocycles. The molecular formula is C15H19N3O2. The van der Waals surface area contributed by atoms with Crippen LogP contribution < -0.4 is 15.8 Å². The number of nitrogens with one attached hydrogen (secondary N) is 1. The first-order chi connectivity index (χ1) is 9.72. The number of carbonyl (C=O) groups excluding carboxylic acids is 1. The molecule has 2 aromatic rings. The number of hydrogen-bond donors (Lipinski definition) is 2. The Labute approximate surface area is 118 Å². The zero-order valence-corrected chi connectivity index (χ0v) is 11.5. The lowest BCUT2D eigenvalue weighted by atomic mass is 10.2. The highest BCUT2D eigenvalue weighted by Crippen LogP contribution is 2.22. The van der Waals surface area contributed by atoms with E-state index in [1.165, 1.54) is 0 Å². The van der Waals surface area contributed by atoms with Gasteiger partial charge in [0.25, 0.3) is 0 Å². The molecule has 1 atom stereocenters. The molecule has 106 valence electrons. The molecule has 1 amide bonds. The maximum atomic E-state index is 11.4. The normalized spacial score (nSPS) is 12.2. The zero-order chi connectivity index (χ0) is 14.4. The van der Waals surface area contributed by atoms with Gasteiger partial charge < -0.3 is 15.8 Å². The van der Waals surface area contributed by atoms with Crippen molar-refractivity contribution in [1.82, 2.24) is 10.3 Å². The first kappa shape index (κ1) is 14.3. The highest BCUT2D eigenvalue weighted by atomic mass is 16.5. The Morgan fingerprint density at radius 1 is 1.40 bits per heavy atom. The van der Waals surface area contributed by atoms with Crippen molar-refractivity contribution in [2.45, 2.75) is 19.4 Å². The van der Waals surface area contributed by atoms with Crippen molar-refractivity contribution in [3.8, 4) is 5.75 Å². The van der Waals surface area contributed by atoms with Crippen LogP contribution >= 0.6 is 0 Å². The minimum absolute atomic E-state index is 0.199. The number of benzene rings is 1. The molecule has 1 unspecified atom stereocenters. The summed E-state index contributed by atoms with van der Waals surface area (Å²) in [5.41, 5.74) is 6.14. The molecule has 0 fully saturated rings. The fourth-order valence-electron chi connectivity index (χ4n) is 1.93. The Bertz CT molecular complexity index is 581. The number of rotatable bonds is 7. The van der Waals surface area contributed by atoms with E-state index < -0.39 is 11.9 Å². The van der Waals surface area contributed by atoms with Crippen molar-refractivity contribution in [3.05, 3.63) is 36.5 Å². The molecule has 0 radical (unpaired) electrons. The number of para-hydroxylation sites is 1. The van der Waals surface area contributed by atoms with Crippen molar-refractivity contribution in [2.24, 2.45) is 5.73 Å². The Hall–Kier alpha value is -2.14. The number of fused-ring (bicyclic) bond motifs is 1. The van der Waals surface area contributed by atoms with E-state index in [0.29, 0.717) is 5.75 Å². The molecule has 1 aromatic heterocycles. The van der Waals surface area contributed by atoms with Gasteiger partial charge in [0.1, 0.15) is 23.9 Å². The minimum Gasteiger partial charge on any atom is -0.489 e. The number of carbonyl (C=O) groups is 1. The summed E-state index contributed by atoms with van der Waals surface area (Å²) in [5.74, 6) is 0.249. The predicted molar refractivity (Wildman–Crippen MR) is 78.5 cm³/mol. The number of primary amides is 1. The van der Waals surface area contributed by atoms with Crippen LogP contribution in [0.3, 0.4) is 0 Å². The second-order valence-corrected chi connectivity index (χ2v) is 4.55. The molecule has 5 nitrogen and oxygen atoms in total. The first-order valence-electron chi connectivity index (χ1n) is 6.71. The van der Waals surface area contributed by atoms with Crippen LogP contribution in [-0.4, -0.2) is 30.1 Å². The molecule has 0 aliphatic heterocycles. The molecule has 3 N–H and O–H groups in total. The van der Waals surface area contributed by atoms with Crippen LogP contribution in [0.2, 0.25) is 0 Å². The van der Waals surface area contributed by atoms with Gasteiger partial charge in [-0.3, -0.25) is 9.78 Å². The number of nitrogens with zero attached hydrogens (tertiary/aromatic N) is 1. The standard InChI is InChI=1S/C15H19N3O2/c1-2-8-17-12(15(16)19)10-20-13-7-3-5-11-6-4-9-18-14(11)13/h3-7,9,12,17H,2,8,10H2,1H3,(H2,16,19). The third-order valence-corrected chi connectivity index (χ3v) is 2.99. The summed E-state index contributed by atoms with van der Waals surface area (Å²) in [4.78, 5) is 15.7. The number of amides is 1. The van der Waals surface area contributed by atoms with Crippen LogP contribution in [0.4, 0.5) is 0 Å². The smallest absolute Gasteiger partial charge is 0.238 e. The van der Waals surface area contributed by atoms with Gasteiger partial charge in [-0.05, 0) is 25.1 Å². The Morgan fingerprint density at radius 3 is 2.95 bits per heavy atom. The minimum atomic E-state index is -0.492. The highest BCUT2D eigenvalue weighted by molar-refractivity contribution is 5.84. The van der Waals surface area contributed by atoms with E-state index in [9.17, 15) is 4.79 Å². The molecular weight excluding hydrogens is 254 g/mol. The molecule has 2 rings (SSSR count). The van der Waals surface area contributed by atoms with Gasteiger partial charge in [0.2, 0.25) is 5.91 Å². The van der Waals surface area contributed by atoms with Crippen LogP contribution in [0, 0.1) is 0 Å². The number of ether oxygens (including phenoxy) is 1. The van der Waals surface area contributed by atoms with Crippen molar-refractivity contribution in [2.75, 3.05) is 13.2 Å². The molecule has 1 aromatic carbocycles. The third kappa shape index (κ3) is 3.45. The highest BCUT2D eigenvalue weighted by Gasteiger charge is 2.15. The van der Waals surface area contributed by atoms with E-state index in [1.807, 2.05) is 37.3 Å². The molecule has 0 spiro atoms. The Kier molecular flexibility index (Phi) is 4.90. The van der Waals surface area contributed by atoms with Crippen LogP contribution in [-0.2, 0) is 4.79 Å². The van der Waals surface area contributed by atoms with Gasteiger partial charge in [0.15, 0.2) is 0 Å². The summed E-state index contributed by atoms with van der Waals surface area (Å²) in [7, 11) is 0. The topological polar surface area (TPSA) is 77.2 Å². The molecule has 0 aliphatic carbocycles. The fourth-order valence-corrected chi connectivity index (χ4v) is 1.93. The van der Waals surface area contributed by atoms with Crippen molar-refractivity contribution in [1.29, 1.82) is 0 Å². The maximum Gasteiger partial charge on any atom is 0.238 e. The maximum absolute atomic E-state index is 11.4. The summed E-state index contributed by atoms with van der Waals surface area (Å²) in [6.07, 6.45) is 2.65. The van der Waals surface area contributed by atoms with Gasteiger partial charge >= 0.3 is 0 Å². The Morgan fingerprint density at radius 2 is 2.20 bits per heavy atom. The second kappa shape index (κ2) is 6.86.